The molecule has 0 fully saturated rings. The van der Waals surface area contributed by atoms with E-state index in [2.05, 4.69) is 15.9 Å². The summed E-state index contributed by atoms with van der Waals surface area (Å²) >= 11 is 9.16. The van der Waals surface area contributed by atoms with Crippen LogP contribution < -0.4 is 0 Å². The van der Waals surface area contributed by atoms with Gasteiger partial charge in [-0.05, 0) is 48.0 Å². The Morgan fingerprint density at radius 2 is 1.83 bits per heavy atom. The summed E-state index contributed by atoms with van der Waals surface area (Å²) in [5, 5.41) is 0.627. The molecule has 0 aliphatic rings. The van der Waals surface area contributed by atoms with E-state index in [1.165, 1.54) is 0 Å². The van der Waals surface area contributed by atoms with E-state index in [0.29, 0.717) is 10.6 Å². The molecular formula is C15H10BrClO. The summed E-state index contributed by atoms with van der Waals surface area (Å²) < 4.78 is 0.989. The molecule has 0 unspecified atom stereocenters. The van der Waals surface area contributed by atoms with Crippen molar-refractivity contribution in [3.05, 3.63) is 75.2 Å². The molecule has 18 heavy (non-hydrogen) atoms. The molecule has 0 spiro atoms. The molecule has 90 valence electrons. The number of hydrogen-bond acceptors (Lipinski definition) is 1. The van der Waals surface area contributed by atoms with Gasteiger partial charge in [-0.2, -0.15) is 0 Å². The maximum Gasteiger partial charge on any atom is 0.185 e. The lowest BCUT2D eigenvalue weighted by Gasteiger charge is -1.97. The molecule has 2 aromatic carbocycles. The Morgan fingerprint density at radius 3 is 2.50 bits per heavy atom. The molecular weight excluding hydrogens is 312 g/mol. The van der Waals surface area contributed by atoms with Crippen LogP contribution in [0.1, 0.15) is 15.9 Å². The lowest BCUT2D eigenvalue weighted by Crippen LogP contribution is -1.92. The molecule has 0 heterocycles. The molecule has 1 nitrogen and oxygen atoms in total. The SMILES string of the molecule is O=C(/C=C/c1cccc(Br)c1)c1ccc(Cl)cc1. The number of carbonyl (C=O) groups is 1. The Balaban J connectivity index is 2.14. The fraction of sp³-hybridized carbons (Fsp3) is 0. The molecule has 3 heteroatoms. The fourth-order valence-electron chi connectivity index (χ4n) is 1.49. The Kier molecular flexibility index (Phi) is 4.34. The minimum atomic E-state index is -0.0355. The third-order valence-corrected chi connectivity index (χ3v) is 3.15. The second-order valence-corrected chi connectivity index (χ2v) is 5.11. The Bertz CT molecular complexity index is 588. The van der Waals surface area contributed by atoms with Crippen molar-refractivity contribution in [2.24, 2.45) is 0 Å². The van der Waals surface area contributed by atoms with Crippen molar-refractivity contribution < 1.29 is 4.79 Å². The second kappa shape index (κ2) is 5.98. The van der Waals surface area contributed by atoms with Crippen molar-refractivity contribution in [3.8, 4) is 0 Å². The standard InChI is InChI=1S/C15H10BrClO/c16-13-3-1-2-11(10-13)4-9-15(18)12-5-7-14(17)8-6-12/h1-10H/b9-4+. The lowest BCUT2D eigenvalue weighted by molar-refractivity contribution is 0.104. The van der Waals surface area contributed by atoms with Crippen LogP contribution in [0.4, 0.5) is 0 Å². The largest absolute Gasteiger partial charge is 0.289 e. The van der Waals surface area contributed by atoms with Gasteiger partial charge in [0.05, 0.1) is 0 Å². The van der Waals surface area contributed by atoms with E-state index in [4.69, 9.17) is 11.6 Å². The summed E-state index contributed by atoms with van der Waals surface area (Å²) in [6.45, 7) is 0. The van der Waals surface area contributed by atoms with Crippen LogP contribution in [0.15, 0.2) is 59.1 Å². The first-order valence-corrected chi connectivity index (χ1v) is 6.56. The molecule has 0 N–H and O–H groups in total. The van der Waals surface area contributed by atoms with Crippen LogP contribution in [0.5, 0.6) is 0 Å². The number of benzene rings is 2. The van der Waals surface area contributed by atoms with Crippen molar-refractivity contribution in [2.75, 3.05) is 0 Å². The van der Waals surface area contributed by atoms with Gasteiger partial charge in [-0.1, -0.05) is 45.7 Å². The normalized spacial score (nSPS) is 10.8. The predicted molar refractivity (Wildman–Crippen MR) is 79.0 cm³/mol. The van der Waals surface area contributed by atoms with Crippen LogP contribution in [0, 0.1) is 0 Å². The average molecular weight is 322 g/mol. The van der Waals surface area contributed by atoms with Gasteiger partial charge in [0.2, 0.25) is 0 Å². The number of hydrogen-bond donors (Lipinski definition) is 0. The fourth-order valence-corrected chi connectivity index (χ4v) is 2.04. The zero-order valence-electron chi connectivity index (χ0n) is 9.44. The smallest absolute Gasteiger partial charge is 0.185 e. The van der Waals surface area contributed by atoms with Gasteiger partial charge in [-0.25, -0.2) is 0 Å². The molecule has 0 radical (unpaired) electrons. The number of ketones is 1. The third-order valence-electron chi connectivity index (χ3n) is 2.40. The van der Waals surface area contributed by atoms with E-state index in [-0.39, 0.29) is 5.78 Å². The van der Waals surface area contributed by atoms with E-state index in [1.54, 1.807) is 36.4 Å². The predicted octanol–water partition coefficient (Wildman–Crippen LogP) is 5.00. The van der Waals surface area contributed by atoms with Crippen molar-refractivity contribution in [1.29, 1.82) is 0 Å². The molecule has 0 aromatic heterocycles. The molecule has 0 aliphatic heterocycles. The highest BCUT2D eigenvalue weighted by Gasteiger charge is 2.00. The first-order chi connectivity index (χ1) is 8.65. The minimum absolute atomic E-state index is 0.0355. The highest BCUT2D eigenvalue weighted by Crippen LogP contribution is 2.14. The topological polar surface area (TPSA) is 17.1 Å². The van der Waals surface area contributed by atoms with Gasteiger partial charge in [-0.15, -0.1) is 0 Å². The van der Waals surface area contributed by atoms with E-state index in [0.717, 1.165) is 10.0 Å². The summed E-state index contributed by atoms with van der Waals surface area (Å²) in [6.07, 6.45) is 3.35. The Morgan fingerprint density at radius 1 is 1.11 bits per heavy atom. The summed E-state index contributed by atoms with van der Waals surface area (Å²) in [5.74, 6) is -0.0355. The van der Waals surface area contributed by atoms with Gasteiger partial charge in [0.15, 0.2) is 5.78 Å². The van der Waals surface area contributed by atoms with Crippen LogP contribution in [-0.2, 0) is 0 Å². The van der Waals surface area contributed by atoms with Crippen molar-refractivity contribution in [3.63, 3.8) is 0 Å². The Hall–Kier alpha value is -1.38. The lowest BCUT2D eigenvalue weighted by atomic mass is 10.1. The molecule has 0 saturated carbocycles. The van der Waals surface area contributed by atoms with Crippen molar-refractivity contribution in [1.82, 2.24) is 0 Å². The van der Waals surface area contributed by atoms with E-state index in [1.807, 2.05) is 24.3 Å². The van der Waals surface area contributed by atoms with E-state index >= 15 is 0 Å². The maximum atomic E-state index is 11.9. The van der Waals surface area contributed by atoms with Crippen molar-refractivity contribution in [2.45, 2.75) is 0 Å². The molecule has 0 bridgehead atoms. The monoisotopic (exact) mass is 320 g/mol. The van der Waals surface area contributed by atoms with Gasteiger partial charge in [0, 0.05) is 15.1 Å². The molecule has 0 saturated heterocycles. The third kappa shape index (κ3) is 3.56. The molecule has 0 amide bonds. The van der Waals surface area contributed by atoms with Gasteiger partial charge in [0.1, 0.15) is 0 Å². The average Bonchev–Trinajstić information content (AvgIpc) is 2.37. The summed E-state index contributed by atoms with van der Waals surface area (Å²) in [4.78, 5) is 11.9. The molecule has 2 aromatic rings. The van der Waals surface area contributed by atoms with E-state index < -0.39 is 0 Å². The van der Waals surface area contributed by atoms with Crippen LogP contribution >= 0.6 is 27.5 Å². The zero-order chi connectivity index (χ0) is 13.0. The van der Waals surface area contributed by atoms with Crippen LogP contribution in [0.2, 0.25) is 5.02 Å². The Labute approximate surface area is 119 Å². The maximum absolute atomic E-state index is 11.9. The van der Waals surface area contributed by atoms with Gasteiger partial charge >= 0.3 is 0 Å². The highest BCUT2D eigenvalue weighted by atomic mass is 79.9. The molecule has 0 atom stereocenters. The first kappa shape index (κ1) is 13.1. The van der Waals surface area contributed by atoms with Gasteiger partial charge < -0.3 is 0 Å². The van der Waals surface area contributed by atoms with Crippen LogP contribution in [-0.4, -0.2) is 5.78 Å². The number of allylic oxidation sites excluding steroid dienone is 1. The highest BCUT2D eigenvalue weighted by molar-refractivity contribution is 9.10. The summed E-state index contributed by atoms with van der Waals surface area (Å²) in [6, 6.07) is 14.6. The zero-order valence-corrected chi connectivity index (χ0v) is 11.8. The van der Waals surface area contributed by atoms with Gasteiger partial charge in [0.25, 0.3) is 0 Å². The number of halogens is 2. The summed E-state index contributed by atoms with van der Waals surface area (Å²) in [7, 11) is 0. The molecule has 0 aliphatic carbocycles. The first-order valence-electron chi connectivity index (χ1n) is 5.39. The van der Waals surface area contributed by atoms with E-state index in [9.17, 15) is 4.79 Å². The molecule has 2 rings (SSSR count). The number of rotatable bonds is 3. The quantitative estimate of drug-likeness (QED) is 0.574. The number of carbonyl (C=O) groups excluding carboxylic acids is 1. The minimum Gasteiger partial charge on any atom is -0.289 e. The van der Waals surface area contributed by atoms with Gasteiger partial charge in [-0.3, -0.25) is 4.79 Å². The van der Waals surface area contributed by atoms with Crippen LogP contribution in [0.25, 0.3) is 6.08 Å². The summed E-state index contributed by atoms with van der Waals surface area (Å²) in [5.41, 5.74) is 1.61. The second-order valence-electron chi connectivity index (χ2n) is 3.76. The van der Waals surface area contributed by atoms with Crippen LogP contribution in [0.3, 0.4) is 0 Å². The van der Waals surface area contributed by atoms with Crippen molar-refractivity contribution >= 4 is 39.4 Å².